The summed E-state index contributed by atoms with van der Waals surface area (Å²) in [4.78, 5) is 12.5. The molecule has 2 rings (SSSR count). The summed E-state index contributed by atoms with van der Waals surface area (Å²) in [6.07, 6.45) is 0.989. The monoisotopic (exact) mass is 492 g/mol. The number of hydrogen-bond acceptors (Lipinski definition) is 4. The molecule has 162 valence electrons. The molecule has 0 unspecified atom stereocenters. The van der Waals surface area contributed by atoms with Crippen LogP contribution in [0.5, 0.6) is 11.5 Å². The summed E-state index contributed by atoms with van der Waals surface area (Å²) < 4.78 is 12.2. The van der Waals surface area contributed by atoms with Crippen LogP contribution in [0.4, 0.5) is 5.69 Å². The molecule has 0 atom stereocenters. The van der Waals surface area contributed by atoms with Crippen LogP contribution in [0.2, 0.25) is 0 Å². The Labute approximate surface area is 192 Å². The van der Waals surface area contributed by atoms with E-state index in [9.17, 15) is 4.79 Å². The molecule has 0 spiro atoms. The number of anilines is 1. The van der Waals surface area contributed by atoms with Crippen molar-refractivity contribution in [2.75, 3.05) is 18.5 Å². The number of nitrogens with one attached hydrogen (secondary N) is 2. The van der Waals surface area contributed by atoms with Crippen LogP contribution in [0.1, 0.15) is 44.5 Å². The largest absolute Gasteiger partial charge is 0.494 e. The van der Waals surface area contributed by atoms with Crippen molar-refractivity contribution in [3.8, 4) is 11.5 Å². The van der Waals surface area contributed by atoms with E-state index in [4.69, 9.17) is 21.7 Å². The van der Waals surface area contributed by atoms with Gasteiger partial charge in [-0.05, 0) is 76.7 Å². The minimum atomic E-state index is -0.298. The van der Waals surface area contributed by atoms with E-state index in [1.807, 2.05) is 24.3 Å². The van der Waals surface area contributed by atoms with E-state index < -0.39 is 0 Å². The molecule has 30 heavy (non-hydrogen) atoms. The maximum absolute atomic E-state index is 12.5. The van der Waals surface area contributed by atoms with Crippen LogP contribution in [-0.2, 0) is 0 Å². The minimum Gasteiger partial charge on any atom is -0.494 e. The van der Waals surface area contributed by atoms with Crippen molar-refractivity contribution in [2.45, 2.75) is 34.1 Å². The lowest BCUT2D eigenvalue weighted by atomic mass is 10.1. The molecule has 0 aromatic heterocycles. The standard InChI is InChI=1S/C23H29BrN2O3S/c1-15(2)10-11-28-19-7-5-6-18(13-19)25-23(30)26-22(27)17-8-9-21(20(24)12-17)29-14-16(3)4/h5-9,12-13,15-16H,10-11,14H2,1-4H3,(H2,25,26,27,30). The van der Waals surface area contributed by atoms with Crippen LogP contribution < -0.4 is 20.1 Å². The molecule has 2 aromatic carbocycles. The van der Waals surface area contributed by atoms with Crippen LogP contribution in [0.15, 0.2) is 46.9 Å². The third-order valence-corrected chi connectivity index (χ3v) is 4.87. The van der Waals surface area contributed by atoms with E-state index in [1.165, 1.54) is 0 Å². The van der Waals surface area contributed by atoms with E-state index in [-0.39, 0.29) is 11.0 Å². The lowest BCUT2D eigenvalue weighted by molar-refractivity contribution is 0.0977. The number of carbonyl (C=O) groups is 1. The molecule has 0 saturated carbocycles. The summed E-state index contributed by atoms with van der Waals surface area (Å²) >= 11 is 8.74. The summed E-state index contributed by atoms with van der Waals surface area (Å²) in [5.41, 5.74) is 1.23. The minimum absolute atomic E-state index is 0.218. The van der Waals surface area contributed by atoms with E-state index in [1.54, 1.807) is 18.2 Å². The topological polar surface area (TPSA) is 59.6 Å². The van der Waals surface area contributed by atoms with Crippen molar-refractivity contribution in [1.29, 1.82) is 0 Å². The molecule has 1 amide bonds. The predicted molar refractivity (Wildman–Crippen MR) is 130 cm³/mol. The van der Waals surface area contributed by atoms with E-state index in [2.05, 4.69) is 54.3 Å². The van der Waals surface area contributed by atoms with Gasteiger partial charge in [-0.1, -0.05) is 33.8 Å². The summed E-state index contributed by atoms with van der Waals surface area (Å²) in [6.45, 7) is 9.75. The summed E-state index contributed by atoms with van der Waals surface area (Å²) in [6, 6.07) is 12.7. The average molecular weight is 493 g/mol. The molecule has 0 radical (unpaired) electrons. The van der Waals surface area contributed by atoms with Gasteiger partial charge in [0.15, 0.2) is 5.11 Å². The molecular weight excluding hydrogens is 464 g/mol. The SMILES string of the molecule is CC(C)CCOc1cccc(NC(=S)NC(=O)c2ccc(OCC(C)C)c(Br)c2)c1. The fourth-order valence-corrected chi connectivity index (χ4v) is 3.13. The number of benzene rings is 2. The molecular formula is C23H29BrN2O3S. The smallest absolute Gasteiger partial charge is 0.257 e. The zero-order chi connectivity index (χ0) is 22.1. The van der Waals surface area contributed by atoms with Gasteiger partial charge >= 0.3 is 0 Å². The average Bonchev–Trinajstić information content (AvgIpc) is 2.66. The summed E-state index contributed by atoms with van der Waals surface area (Å²) in [7, 11) is 0. The van der Waals surface area contributed by atoms with Gasteiger partial charge in [-0.15, -0.1) is 0 Å². The van der Waals surface area contributed by atoms with Crippen LogP contribution in [-0.4, -0.2) is 24.2 Å². The zero-order valence-electron chi connectivity index (χ0n) is 17.8. The fourth-order valence-electron chi connectivity index (χ4n) is 2.43. The molecule has 0 aliphatic carbocycles. The van der Waals surface area contributed by atoms with Gasteiger partial charge in [0.05, 0.1) is 17.7 Å². The van der Waals surface area contributed by atoms with Gasteiger partial charge in [-0.3, -0.25) is 10.1 Å². The number of ether oxygens (including phenoxy) is 2. The Balaban J connectivity index is 1.91. The molecule has 0 aliphatic rings. The molecule has 0 fully saturated rings. The first-order valence-electron chi connectivity index (χ1n) is 10.0. The van der Waals surface area contributed by atoms with Gasteiger partial charge in [-0.2, -0.15) is 0 Å². The van der Waals surface area contributed by atoms with Crippen molar-refractivity contribution in [2.24, 2.45) is 11.8 Å². The quantitative estimate of drug-likeness (QED) is 0.418. The molecule has 2 aromatic rings. The highest BCUT2D eigenvalue weighted by atomic mass is 79.9. The van der Waals surface area contributed by atoms with E-state index in [0.717, 1.165) is 22.3 Å². The van der Waals surface area contributed by atoms with Gasteiger partial charge in [0.2, 0.25) is 0 Å². The number of hydrogen-bond donors (Lipinski definition) is 2. The Morgan fingerprint density at radius 1 is 1.07 bits per heavy atom. The van der Waals surface area contributed by atoms with Crippen LogP contribution in [0.25, 0.3) is 0 Å². The van der Waals surface area contributed by atoms with Crippen molar-refractivity contribution < 1.29 is 14.3 Å². The van der Waals surface area contributed by atoms with E-state index in [0.29, 0.717) is 36.4 Å². The highest BCUT2D eigenvalue weighted by Gasteiger charge is 2.12. The van der Waals surface area contributed by atoms with Gasteiger partial charge in [0.25, 0.3) is 5.91 Å². The molecule has 5 nitrogen and oxygen atoms in total. The van der Waals surface area contributed by atoms with Gasteiger partial charge in [-0.25, -0.2) is 0 Å². The number of carbonyl (C=O) groups excluding carboxylic acids is 1. The maximum atomic E-state index is 12.5. The third kappa shape index (κ3) is 8.32. The van der Waals surface area contributed by atoms with Crippen LogP contribution in [0, 0.1) is 11.8 Å². The number of halogens is 1. The van der Waals surface area contributed by atoms with Gasteiger partial charge in [0.1, 0.15) is 11.5 Å². The molecule has 0 saturated heterocycles. The second-order valence-corrected chi connectivity index (χ2v) is 9.08. The molecule has 0 bridgehead atoms. The lowest BCUT2D eigenvalue weighted by Crippen LogP contribution is -2.34. The summed E-state index contributed by atoms with van der Waals surface area (Å²) in [5, 5.41) is 5.94. The van der Waals surface area contributed by atoms with Gasteiger partial charge in [0, 0.05) is 17.3 Å². The Hall–Kier alpha value is -2.12. The molecule has 0 aliphatic heterocycles. The molecule has 7 heteroatoms. The normalized spacial score (nSPS) is 10.8. The Bertz CT molecular complexity index is 871. The highest BCUT2D eigenvalue weighted by molar-refractivity contribution is 9.10. The molecule has 0 heterocycles. The predicted octanol–water partition coefficient (Wildman–Crippen LogP) is 6.04. The van der Waals surface area contributed by atoms with Crippen molar-refractivity contribution in [1.82, 2.24) is 5.32 Å². The van der Waals surface area contributed by atoms with Crippen molar-refractivity contribution in [3.05, 3.63) is 52.5 Å². The van der Waals surface area contributed by atoms with Crippen LogP contribution in [0.3, 0.4) is 0 Å². The maximum Gasteiger partial charge on any atom is 0.257 e. The second-order valence-electron chi connectivity index (χ2n) is 7.82. The molecule has 2 N–H and O–H groups in total. The lowest BCUT2D eigenvalue weighted by Gasteiger charge is -2.13. The van der Waals surface area contributed by atoms with E-state index >= 15 is 0 Å². The first-order valence-corrected chi connectivity index (χ1v) is 11.2. The number of thiocarbonyl (C=S) groups is 1. The van der Waals surface area contributed by atoms with Gasteiger partial charge < -0.3 is 14.8 Å². The Kier molecular flexibility index (Phi) is 9.59. The fraction of sp³-hybridized carbons (Fsp3) is 0.391. The Morgan fingerprint density at radius 3 is 2.50 bits per heavy atom. The van der Waals surface area contributed by atoms with Crippen LogP contribution >= 0.6 is 28.1 Å². The van der Waals surface area contributed by atoms with Crippen molar-refractivity contribution >= 4 is 44.9 Å². The number of rotatable bonds is 9. The first-order chi connectivity index (χ1) is 14.2. The number of amides is 1. The first kappa shape index (κ1) is 24.2. The zero-order valence-corrected chi connectivity index (χ0v) is 20.2. The van der Waals surface area contributed by atoms with Crippen molar-refractivity contribution in [3.63, 3.8) is 0 Å². The summed E-state index contributed by atoms with van der Waals surface area (Å²) in [5.74, 6) is 2.17. The second kappa shape index (κ2) is 11.9. The third-order valence-electron chi connectivity index (χ3n) is 4.05. The Morgan fingerprint density at radius 2 is 1.83 bits per heavy atom. The highest BCUT2D eigenvalue weighted by Crippen LogP contribution is 2.26.